The highest BCUT2D eigenvalue weighted by Gasteiger charge is 2.47. The Morgan fingerprint density at radius 2 is 1.66 bits per heavy atom. The molecule has 35 heavy (non-hydrogen) atoms. The zero-order chi connectivity index (χ0) is 24.1. The summed E-state index contributed by atoms with van der Waals surface area (Å²) in [6, 6.07) is 20.3. The minimum atomic E-state index is -0.987. The van der Waals surface area contributed by atoms with Crippen molar-refractivity contribution in [3.8, 4) is 22.5 Å². The number of imidazole rings is 1. The van der Waals surface area contributed by atoms with Gasteiger partial charge in [0.1, 0.15) is 11.3 Å². The number of hydrogen-bond donors (Lipinski definition) is 4. The lowest BCUT2D eigenvalue weighted by Gasteiger charge is -2.19. The fourth-order valence-corrected chi connectivity index (χ4v) is 5.25. The van der Waals surface area contributed by atoms with E-state index in [-0.39, 0.29) is 17.4 Å². The fourth-order valence-electron chi connectivity index (χ4n) is 5.25. The van der Waals surface area contributed by atoms with Crippen LogP contribution in [0.15, 0.2) is 60.7 Å². The quantitative estimate of drug-likeness (QED) is 0.309. The number of nitrogens with zero attached hydrogens (tertiary/aromatic N) is 1. The number of aryl methyl sites for hydroxylation is 1. The molecule has 0 radical (unpaired) electrons. The van der Waals surface area contributed by atoms with Crippen molar-refractivity contribution >= 4 is 28.6 Å². The van der Waals surface area contributed by atoms with E-state index in [4.69, 9.17) is 0 Å². The summed E-state index contributed by atoms with van der Waals surface area (Å²) in [5.41, 5.74) is 6.01. The maximum atomic E-state index is 12.7. The first-order valence-corrected chi connectivity index (χ1v) is 12.0. The van der Waals surface area contributed by atoms with E-state index in [0.29, 0.717) is 28.9 Å². The van der Waals surface area contributed by atoms with E-state index in [0.717, 1.165) is 40.8 Å². The van der Waals surface area contributed by atoms with Crippen LogP contribution in [0.3, 0.4) is 0 Å². The van der Waals surface area contributed by atoms with E-state index in [9.17, 15) is 14.7 Å². The molecule has 1 aromatic heterocycles. The number of aromatic nitrogens is 2. The summed E-state index contributed by atoms with van der Waals surface area (Å²) in [5.74, 6) is -0.185. The largest absolute Gasteiger partial charge is 0.478 e. The van der Waals surface area contributed by atoms with Crippen LogP contribution in [0.25, 0.3) is 33.5 Å². The normalized spacial score (nSPS) is 20.9. The third kappa shape index (κ3) is 4.08. The number of anilines is 1. The third-order valence-corrected chi connectivity index (χ3v) is 7.14. The van der Waals surface area contributed by atoms with Crippen molar-refractivity contribution in [3.63, 3.8) is 0 Å². The first-order valence-electron chi connectivity index (χ1n) is 12.0. The average molecular weight is 467 g/mol. The van der Waals surface area contributed by atoms with Gasteiger partial charge in [0.15, 0.2) is 0 Å². The molecule has 7 heteroatoms. The van der Waals surface area contributed by atoms with E-state index in [1.54, 1.807) is 6.07 Å². The van der Waals surface area contributed by atoms with Crippen LogP contribution in [0.2, 0.25) is 0 Å². The van der Waals surface area contributed by atoms with Gasteiger partial charge in [-0.2, -0.15) is 0 Å². The molecule has 1 amide bonds. The van der Waals surface area contributed by atoms with Gasteiger partial charge in [-0.05, 0) is 60.7 Å². The Morgan fingerprint density at radius 3 is 2.37 bits per heavy atom. The molecule has 2 fully saturated rings. The van der Waals surface area contributed by atoms with Gasteiger partial charge in [-0.1, -0.05) is 42.8 Å². The van der Waals surface area contributed by atoms with Crippen molar-refractivity contribution in [2.45, 2.75) is 38.3 Å². The number of aromatic amines is 1. The van der Waals surface area contributed by atoms with Gasteiger partial charge in [0, 0.05) is 23.3 Å². The molecule has 1 aliphatic heterocycles. The van der Waals surface area contributed by atoms with Crippen molar-refractivity contribution in [1.82, 2.24) is 15.3 Å². The second kappa shape index (κ2) is 8.36. The second-order valence-electron chi connectivity index (χ2n) is 9.58. The van der Waals surface area contributed by atoms with Crippen molar-refractivity contribution in [3.05, 3.63) is 71.8 Å². The van der Waals surface area contributed by atoms with Crippen LogP contribution in [-0.4, -0.2) is 39.0 Å². The zero-order valence-electron chi connectivity index (χ0n) is 19.3. The summed E-state index contributed by atoms with van der Waals surface area (Å²) in [7, 11) is 0. The van der Waals surface area contributed by atoms with E-state index < -0.39 is 5.97 Å². The highest BCUT2D eigenvalue weighted by Crippen LogP contribution is 2.35. The van der Waals surface area contributed by atoms with Gasteiger partial charge in [0.2, 0.25) is 5.91 Å². The van der Waals surface area contributed by atoms with Crippen molar-refractivity contribution in [2.75, 3.05) is 5.32 Å². The molecule has 6 rings (SSSR count). The second-order valence-corrected chi connectivity index (χ2v) is 9.58. The highest BCUT2D eigenvalue weighted by molar-refractivity contribution is 6.02. The summed E-state index contributed by atoms with van der Waals surface area (Å²) < 4.78 is 0. The number of carboxylic acid groups (broad SMARTS) is 1. The molecule has 1 aliphatic carbocycles. The molecular formula is C28H26N4O3. The third-order valence-electron chi connectivity index (χ3n) is 7.14. The smallest absolute Gasteiger partial charge is 0.337 e. The Labute approximate surface area is 202 Å². The molecule has 0 spiro atoms. The van der Waals surface area contributed by atoms with Crippen LogP contribution in [0.4, 0.5) is 5.69 Å². The standard InChI is InChI=1S/C28H26N4O3/c1-15-13-21(28(34)35)25-23(14-15)31-26(32-25)18-7-5-16(6-8-18)17-9-11-19(12-10-17)29-27(33)20-3-2-4-22-24(20)30-22/h5-14,20,22,24,30H,2-4H2,1H3,(H,29,33)(H,31,32)(H,34,35)/t20-,22?,24?/m1/s1. The van der Waals surface area contributed by atoms with Crippen molar-refractivity contribution in [2.24, 2.45) is 5.92 Å². The van der Waals surface area contributed by atoms with Gasteiger partial charge in [-0.15, -0.1) is 0 Å². The number of aromatic carboxylic acids is 1. The summed E-state index contributed by atoms with van der Waals surface area (Å²) in [5, 5.41) is 16.0. The number of benzene rings is 3. The molecule has 3 aromatic carbocycles. The minimum absolute atomic E-state index is 0.0645. The number of nitrogens with one attached hydrogen (secondary N) is 3. The maximum absolute atomic E-state index is 12.7. The number of rotatable bonds is 5. The molecule has 0 bridgehead atoms. The molecule has 3 atom stereocenters. The average Bonchev–Trinajstić information content (AvgIpc) is 3.54. The number of carbonyl (C=O) groups is 2. The molecule has 4 N–H and O–H groups in total. The lowest BCUT2D eigenvalue weighted by molar-refractivity contribution is -0.120. The molecule has 1 saturated carbocycles. The molecule has 4 aromatic rings. The number of amides is 1. The molecule has 2 unspecified atom stereocenters. The SMILES string of the molecule is Cc1cc(C(=O)O)c2nc(-c3ccc(-c4ccc(NC(=O)[C@@H]5CCCC6NC65)cc4)cc3)[nH]c2c1. The Bertz CT molecular complexity index is 1440. The monoisotopic (exact) mass is 466 g/mol. The van der Waals surface area contributed by atoms with Crippen LogP contribution >= 0.6 is 0 Å². The highest BCUT2D eigenvalue weighted by atomic mass is 16.4. The Morgan fingerprint density at radius 1 is 0.971 bits per heavy atom. The van der Waals surface area contributed by atoms with Gasteiger partial charge in [0.05, 0.1) is 17.0 Å². The topological polar surface area (TPSA) is 117 Å². The zero-order valence-corrected chi connectivity index (χ0v) is 19.3. The number of fused-ring (bicyclic) bond motifs is 2. The lowest BCUT2D eigenvalue weighted by atomic mass is 9.88. The fraction of sp³-hybridized carbons (Fsp3) is 0.250. The predicted octanol–water partition coefficient (Wildman–Crippen LogP) is 4.98. The van der Waals surface area contributed by atoms with E-state index in [2.05, 4.69) is 20.6 Å². The van der Waals surface area contributed by atoms with E-state index in [1.165, 1.54) is 6.42 Å². The van der Waals surface area contributed by atoms with Crippen LogP contribution in [-0.2, 0) is 4.79 Å². The summed E-state index contributed by atoms with van der Waals surface area (Å²) >= 11 is 0. The van der Waals surface area contributed by atoms with Crippen molar-refractivity contribution in [1.29, 1.82) is 0 Å². The molecule has 2 heterocycles. The molecule has 2 aliphatic rings. The van der Waals surface area contributed by atoms with Gasteiger partial charge < -0.3 is 20.7 Å². The lowest BCUT2D eigenvalue weighted by Crippen LogP contribution is -2.30. The molecule has 176 valence electrons. The molecular weight excluding hydrogens is 440 g/mol. The predicted molar refractivity (Wildman–Crippen MR) is 135 cm³/mol. The molecule has 1 saturated heterocycles. The van der Waals surface area contributed by atoms with Crippen LogP contribution in [0.5, 0.6) is 0 Å². The first-order chi connectivity index (χ1) is 17.0. The Hall–Kier alpha value is -3.97. The Kier molecular flexibility index (Phi) is 5.15. The van der Waals surface area contributed by atoms with Gasteiger partial charge in [0.25, 0.3) is 0 Å². The van der Waals surface area contributed by atoms with E-state index >= 15 is 0 Å². The maximum Gasteiger partial charge on any atom is 0.337 e. The van der Waals surface area contributed by atoms with Gasteiger partial charge >= 0.3 is 5.97 Å². The van der Waals surface area contributed by atoms with Crippen LogP contribution in [0, 0.1) is 12.8 Å². The number of carbonyl (C=O) groups excluding carboxylic acids is 1. The van der Waals surface area contributed by atoms with Crippen LogP contribution in [0.1, 0.15) is 35.2 Å². The number of H-pyrrole nitrogens is 1. The molecule has 7 nitrogen and oxygen atoms in total. The Balaban J connectivity index is 1.18. The first kappa shape index (κ1) is 21.6. The summed E-state index contributed by atoms with van der Waals surface area (Å²) in [4.78, 5) is 32.1. The van der Waals surface area contributed by atoms with Crippen molar-refractivity contribution < 1.29 is 14.7 Å². The van der Waals surface area contributed by atoms with Gasteiger partial charge in [-0.25, -0.2) is 9.78 Å². The summed E-state index contributed by atoms with van der Waals surface area (Å²) in [6.45, 7) is 1.87. The number of carboxylic acids is 1. The van der Waals surface area contributed by atoms with Crippen LogP contribution < -0.4 is 10.6 Å². The number of hydrogen-bond acceptors (Lipinski definition) is 4. The van der Waals surface area contributed by atoms with E-state index in [1.807, 2.05) is 61.5 Å². The van der Waals surface area contributed by atoms with Gasteiger partial charge in [-0.3, -0.25) is 4.79 Å². The summed E-state index contributed by atoms with van der Waals surface area (Å²) in [6.07, 6.45) is 3.24. The minimum Gasteiger partial charge on any atom is -0.478 e.